The van der Waals surface area contributed by atoms with Gasteiger partial charge in [0.15, 0.2) is 0 Å². The third-order valence-corrected chi connectivity index (χ3v) is 3.27. The van der Waals surface area contributed by atoms with E-state index in [2.05, 4.69) is 35.1 Å². The third kappa shape index (κ3) is 6.66. The molecule has 0 bridgehead atoms. The van der Waals surface area contributed by atoms with Crippen LogP contribution in [0.25, 0.3) is 0 Å². The topological polar surface area (TPSA) is 24.1 Å². The van der Waals surface area contributed by atoms with Gasteiger partial charge in [-0.1, -0.05) is 13.0 Å². The Morgan fingerprint density at radius 3 is 2.73 bits per heavy atom. The van der Waals surface area contributed by atoms with Gasteiger partial charge in [0.2, 0.25) is 0 Å². The Morgan fingerprint density at radius 2 is 2.00 bits per heavy atom. The van der Waals surface area contributed by atoms with Gasteiger partial charge in [-0.15, -0.1) is 11.3 Å². The molecule has 0 unspecified atom stereocenters. The number of aryl methyl sites for hydroxylation is 1. The first-order valence-electron chi connectivity index (χ1n) is 5.87. The number of likely N-dealkylation sites (N-methyl/N-ethyl adjacent to an activating group) is 1. The summed E-state index contributed by atoms with van der Waals surface area (Å²) in [6, 6.07) is 4.36. The first kappa shape index (κ1) is 12.7. The van der Waals surface area contributed by atoms with Crippen LogP contribution in [0, 0.1) is 0 Å². The summed E-state index contributed by atoms with van der Waals surface area (Å²) in [5.41, 5.74) is 0. The monoisotopic (exact) mass is 226 g/mol. The molecule has 0 fully saturated rings. The predicted octanol–water partition coefficient (Wildman–Crippen LogP) is 2.27. The Balaban J connectivity index is 1.81. The fourth-order valence-corrected chi connectivity index (χ4v) is 2.23. The standard InChI is InChI=1S/C12H22N2S/c1-2-13-9-10-14-8-4-3-6-12-7-5-11-15-12/h5,7,11,13-14H,2-4,6,8-10H2,1H3. The van der Waals surface area contributed by atoms with Crippen LogP contribution in [-0.4, -0.2) is 26.2 Å². The number of hydrogen-bond donors (Lipinski definition) is 2. The lowest BCUT2D eigenvalue weighted by molar-refractivity contribution is 0.594. The van der Waals surface area contributed by atoms with Crippen molar-refractivity contribution < 1.29 is 0 Å². The van der Waals surface area contributed by atoms with Crippen molar-refractivity contribution in [2.24, 2.45) is 0 Å². The van der Waals surface area contributed by atoms with Crippen LogP contribution in [0.15, 0.2) is 17.5 Å². The van der Waals surface area contributed by atoms with E-state index in [-0.39, 0.29) is 0 Å². The summed E-state index contributed by atoms with van der Waals surface area (Å²) in [5.74, 6) is 0. The Bertz CT molecular complexity index is 222. The highest BCUT2D eigenvalue weighted by atomic mass is 32.1. The summed E-state index contributed by atoms with van der Waals surface area (Å²) in [4.78, 5) is 1.52. The maximum absolute atomic E-state index is 3.44. The average Bonchev–Trinajstić information content (AvgIpc) is 2.75. The molecule has 1 heterocycles. The quantitative estimate of drug-likeness (QED) is 0.631. The van der Waals surface area contributed by atoms with Gasteiger partial charge in [-0.2, -0.15) is 0 Å². The Hall–Kier alpha value is -0.380. The van der Waals surface area contributed by atoms with Gasteiger partial charge >= 0.3 is 0 Å². The van der Waals surface area contributed by atoms with Crippen LogP contribution in [0.4, 0.5) is 0 Å². The van der Waals surface area contributed by atoms with E-state index in [1.807, 2.05) is 11.3 Å². The van der Waals surface area contributed by atoms with Crippen LogP contribution < -0.4 is 10.6 Å². The zero-order valence-electron chi connectivity index (χ0n) is 9.59. The van der Waals surface area contributed by atoms with Gasteiger partial charge in [0.25, 0.3) is 0 Å². The van der Waals surface area contributed by atoms with Crippen molar-refractivity contribution in [2.75, 3.05) is 26.2 Å². The molecular weight excluding hydrogens is 204 g/mol. The molecule has 1 aromatic rings. The predicted molar refractivity (Wildman–Crippen MR) is 68.7 cm³/mol. The van der Waals surface area contributed by atoms with Crippen LogP contribution in [-0.2, 0) is 6.42 Å². The van der Waals surface area contributed by atoms with Crippen LogP contribution in [0.1, 0.15) is 24.6 Å². The Kier molecular flexibility index (Phi) is 7.52. The first-order valence-corrected chi connectivity index (χ1v) is 6.75. The van der Waals surface area contributed by atoms with E-state index in [4.69, 9.17) is 0 Å². The molecule has 2 nitrogen and oxygen atoms in total. The lowest BCUT2D eigenvalue weighted by atomic mass is 10.2. The van der Waals surface area contributed by atoms with Gasteiger partial charge in [-0.25, -0.2) is 0 Å². The summed E-state index contributed by atoms with van der Waals surface area (Å²) in [6.07, 6.45) is 3.82. The fraction of sp³-hybridized carbons (Fsp3) is 0.667. The fourth-order valence-electron chi connectivity index (χ4n) is 1.48. The number of unbranched alkanes of at least 4 members (excludes halogenated alkanes) is 1. The Labute approximate surface area is 97.1 Å². The zero-order chi connectivity index (χ0) is 10.8. The second-order valence-corrected chi connectivity index (χ2v) is 4.67. The minimum absolute atomic E-state index is 1.07. The van der Waals surface area contributed by atoms with Crippen molar-refractivity contribution in [3.05, 3.63) is 22.4 Å². The third-order valence-electron chi connectivity index (χ3n) is 2.34. The van der Waals surface area contributed by atoms with Gasteiger partial charge in [0.1, 0.15) is 0 Å². The molecule has 0 saturated heterocycles. The minimum atomic E-state index is 1.07. The second kappa shape index (κ2) is 8.89. The summed E-state index contributed by atoms with van der Waals surface area (Å²) in [5, 5.41) is 8.90. The molecular formula is C12H22N2S. The van der Waals surface area contributed by atoms with Crippen molar-refractivity contribution in [2.45, 2.75) is 26.2 Å². The van der Waals surface area contributed by atoms with E-state index in [9.17, 15) is 0 Å². The molecule has 1 rings (SSSR count). The molecule has 0 saturated carbocycles. The minimum Gasteiger partial charge on any atom is -0.316 e. The van der Waals surface area contributed by atoms with E-state index in [0.717, 1.165) is 26.2 Å². The average molecular weight is 226 g/mol. The smallest absolute Gasteiger partial charge is 0.00767 e. The van der Waals surface area contributed by atoms with E-state index in [0.29, 0.717) is 0 Å². The molecule has 3 heteroatoms. The lowest BCUT2D eigenvalue weighted by Gasteiger charge is -2.04. The van der Waals surface area contributed by atoms with Crippen molar-refractivity contribution in [3.8, 4) is 0 Å². The summed E-state index contributed by atoms with van der Waals surface area (Å²) < 4.78 is 0. The lowest BCUT2D eigenvalue weighted by Crippen LogP contribution is -2.27. The van der Waals surface area contributed by atoms with Gasteiger partial charge in [-0.05, 0) is 43.8 Å². The number of nitrogens with one attached hydrogen (secondary N) is 2. The van der Waals surface area contributed by atoms with E-state index in [1.165, 1.54) is 24.1 Å². The number of rotatable bonds is 9. The maximum Gasteiger partial charge on any atom is 0.00767 e. The molecule has 0 radical (unpaired) electrons. The molecule has 0 spiro atoms. The SMILES string of the molecule is CCNCCNCCCCc1cccs1. The zero-order valence-corrected chi connectivity index (χ0v) is 10.4. The highest BCUT2D eigenvalue weighted by Crippen LogP contribution is 2.11. The molecule has 0 amide bonds. The second-order valence-electron chi connectivity index (χ2n) is 3.64. The molecule has 0 atom stereocenters. The number of thiophene rings is 1. The van der Waals surface area contributed by atoms with Gasteiger partial charge in [-0.3, -0.25) is 0 Å². The van der Waals surface area contributed by atoms with E-state index in [1.54, 1.807) is 0 Å². The van der Waals surface area contributed by atoms with E-state index >= 15 is 0 Å². The largest absolute Gasteiger partial charge is 0.316 e. The number of hydrogen-bond acceptors (Lipinski definition) is 3. The Morgan fingerprint density at radius 1 is 1.13 bits per heavy atom. The van der Waals surface area contributed by atoms with Crippen molar-refractivity contribution in [3.63, 3.8) is 0 Å². The van der Waals surface area contributed by atoms with Gasteiger partial charge in [0.05, 0.1) is 0 Å². The summed E-state index contributed by atoms with van der Waals surface area (Å²) >= 11 is 1.87. The van der Waals surface area contributed by atoms with Crippen molar-refractivity contribution >= 4 is 11.3 Å². The molecule has 0 aliphatic rings. The molecule has 0 aliphatic heterocycles. The first-order chi connectivity index (χ1) is 7.43. The highest BCUT2D eigenvalue weighted by molar-refractivity contribution is 7.09. The van der Waals surface area contributed by atoms with Gasteiger partial charge < -0.3 is 10.6 Å². The molecule has 15 heavy (non-hydrogen) atoms. The summed E-state index contributed by atoms with van der Waals surface area (Å²) in [6.45, 7) is 6.53. The van der Waals surface area contributed by atoms with Crippen LogP contribution in [0.3, 0.4) is 0 Å². The van der Waals surface area contributed by atoms with Crippen molar-refractivity contribution in [1.29, 1.82) is 0 Å². The van der Waals surface area contributed by atoms with Crippen LogP contribution >= 0.6 is 11.3 Å². The molecule has 86 valence electrons. The van der Waals surface area contributed by atoms with E-state index < -0.39 is 0 Å². The van der Waals surface area contributed by atoms with Crippen LogP contribution in [0.5, 0.6) is 0 Å². The van der Waals surface area contributed by atoms with Crippen LogP contribution in [0.2, 0.25) is 0 Å². The highest BCUT2D eigenvalue weighted by Gasteiger charge is 1.93. The van der Waals surface area contributed by atoms with Crippen molar-refractivity contribution in [1.82, 2.24) is 10.6 Å². The molecule has 0 aliphatic carbocycles. The van der Waals surface area contributed by atoms with Gasteiger partial charge in [0, 0.05) is 18.0 Å². The molecule has 2 N–H and O–H groups in total. The molecule has 1 aromatic heterocycles. The normalized spacial score (nSPS) is 10.7. The maximum atomic E-state index is 3.44. The summed E-state index contributed by atoms with van der Waals surface area (Å²) in [7, 11) is 0. The molecule has 0 aromatic carbocycles.